The lowest BCUT2D eigenvalue weighted by molar-refractivity contribution is 0.174. The van der Waals surface area contributed by atoms with E-state index >= 15 is 0 Å². The first-order chi connectivity index (χ1) is 19.4. The quantitative estimate of drug-likeness (QED) is 0.180. The molecule has 0 fully saturated rings. The van der Waals surface area contributed by atoms with E-state index in [2.05, 4.69) is 5.16 Å². The number of rotatable bonds is 6. The number of fused-ring (bicyclic) bond motifs is 1. The molecule has 40 heavy (non-hydrogen) atoms. The van der Waals surface area contributed by atoms with Gasteiger partial charge in [-0.15, -0.1) is 11.3 Å². The molecule has 12 heteroatoms. The highest BCUT2D eigenvalue weighted by Crippen LogP contribution is 2.39. The molecule has 1 unspecified atom stereocenters. The van der Waals surface area contributed by atoms with Crippen molar-refractivity contribution < 1.29 is 18.4 Å². The van der Waals surface area contributed by atoms with Gasteiger partial charge in [-0.3, -0.25) is 0 Å². The fourth-order valence-corrected chi connectivity index (χ4v) is 5.82. The highest BCUT2D eigenvalue weighted by atomic mass is 35.5. The highest BCUT2D eigenvalue weighted by Gasteiger charge is 2.19. The maximum Gasteiger partial charge on any atom is 0.231 e. The average Bonchev–Trinajstić information content (AvgIpc) is 3.68. The molecule has 5 aromatic rings. The highest BCUT2D eigenvalue weighted by molar-refractivity contribution is 7.07. The second-order valence-electron chi connectivity index (χ2n) is 8.75. The molecule has 0 spiro atoms. The molecule has 2 aromatic heterocycles. The van der Waals surface area contributed by atoms with Crippen LogP contribution in [0.4, 0.5) is 4.39 Å². The van der Waals surface area contributed by atoms with Crippen molar-refractivity contribution in [3.8, 4) is 34.2 Å². The summed E-state index contributed by atoms with van der Waals surface area (Å²) in [6.45, 7) is 2.04. The number of halogens is 4. The molecular formula is C28H18Cl3FN4O3S. The third-order valence-electron chi connectivity index (χ3n) is 6.08. The summed E-state index contributed by atoms with van der Waals surface area (Å²) in [5.74, 6) is 1.17. The third-order valence-corrected chi connectivity index (χ3v) is 7.75. The zero-order valence-electron chi connectivity index (χ0n) is 20.6. The molecule has 3 heterocycles. The molecule has 1 aliphatic rings. The Hall–Kier alpha value is -3.63. The smallest absolute Gasteiger partial charge is 0.231 e. The van der Waals surface area contributed by atoms with E-state index in [4.69, 9.17) is 58.9 Å². The maximum absolute atomic E-state index is 13.4. The van der Waals surface area contributed by atoms with Gasteiger partial charge in [0, 0.05) is 27.1 Å². The molecule has 1 atom stereocenters. The minimum absolute atomic E-state index is 0.106. The molecule has 7 nitrogen and oxygen atoms in total. The van der Waals surface area contributed by atoms with Crippen molar-refractivity contribution in [2.45, 2.75) is 13.0 Å². The molecule has 0 aliphatic carbocycles. The minimum atomic E-state index is -0.331. The van der Waals surface area contributed by atoms with Gasteiger partial charge in [-0.2, -0.15) is 5.10 Å². The van der Waals surface area contributed by atoms with Gasteiger partial charge in [0.25, 0.3) is 0 Å². The lowest BCUT2D eigenvalue weighted by Crippen LogP contribution is -2.13. The van der Waals surface area contributed by atoms with Crippen molar-refractivity contribution in [1.29, 1.82) is 0 Å². The number of nitrogens with zero attached hydrogens (tertiary/aromatic N) is 4. The largest absolute Gasteiger partial charge is 0.454 e. The number of hydrogen-bond acceptors (Lipinski definition) is 7. The van der Waals surface area contributed by atoms with Gasteiger partial charge in [-0.25, -0.2) is 14.1 Å². The minimum Gasteiger partial charge on any atom is -0.454 e. The van der Waals surface area contributed by atoms with Crippen LogP contribution in [0.15, 0.2) is 80.7 Å². The van der Waals surface area contributed by atoms with E-state index in [1.165, 1.54) is 23.5 Å². The summed E-state index contributed by atoms with van der Waals surface area (Å²) in [4.78, 5) is 5.47. The Morgan fingerprint density at radius 3 is 2.65 bits per heavy atom. The van der Waals surface area contributed by atoms with Crippen LogP contribution < -0.4 is 14.3 Å². The first kappa shape index (κ1) is 26.6. The Kier molecular flexibility index (Phi) is 7.37. The molecule has 3 aromatic carbocycles. The van der Waals surface area contributed by atoms with Crippen molar-refractivity contribution in [2.75, 3.05) is 6.79 Å². The van der Waals surface area contributed by atoms with E-state index in [9.17, 15) is 4.39 Å². The normalized spacial score (nSPS) is 13.9. The summed E-state index contributed by atoms with van der Waals surface area (Å²) < 4.78 is 31.6. The fraction of sp³-hybridized carbons (Fsp3) is 0.107. The molecule has 1 aliphatic heterocycles. The van der Waals surface area contributed by atoms with Crippen LogP contribution in [0.1, 0.15) is 24.1 Å². The predicted molar refractivity (Wildman–Crippen MR) is 154 cm³/mol. The van der Waals surface area contributed by atoms with Gasteiger partial charge in [-0.05, 0) is 66.6 Å². The number of thiazole rings is 1. The van der Waals surface area contributed by atoms with Crippen LogP contribution in [0.25, 0.3) is 22.7 Å². The molecule has 0 radical (unpaired) electrons. The van der Waals surface area contributed by atoms with Crippen LogP contribution in [-0.4, -0.2) is 22.8 Å². The Labute approximate surface area is 246 Å². The summed E-state index contributed by atoms with van der Waals surface area (Å²) in [7, 11) is 0. The lowest BCUT2D eigenvalue weighted by Gasteiger charge is -2.09. The molecule has 0 saturated carbocycles. The van der Waals surface area contributed by atoms with Gasteiger partial charge < -0.3 is 14.0 Å². The van der Waals surface area contributed by atoms with Crippen molar-refractivity contribution in [1.82, 2.24) is 9.83 Å². The predicted octanol–water partition coefficient (Wildman–Crippen LogP) is 8.24. The summed E-state index contributed by atoms with van der Waals surface area (Å²) in [5, 5.41) is 12.2. The van der Waals surface area contributed by atoms with Crippen LogP contribution in [-0.2, 0) is 0 Å². The monoisotopic (exact) mass is 614 g/mol. The molecule has 0 saturated heterocycles. The van der Waals surface area contributed by atoms with Crippen molar-refractivity contribution in [2.24, 2.45) is 10.1 Å². The first-order valence-corrected chi connectivity index (χ1v) is 13.9. The van der Waals surface area contributed by atoms with Crippen LogP contribution in [0.3, 0.4) is 0 Å². The van der Waals surface area contributed by atoms with Gasteiger partial charge in [0.05, 0.1) is 17.3 Å². The number of hydrogen-bond donors (Lipinski definition) is 0. The van der Waals surface area contributed by atoms with Crippen LogP contribution in [0, 0.1) is 5.82 Å². The molecule has 0 bridgehead atoms. The van der Waals surface area contributed by atoms with Crippen molar-refractivity contribution in [3.63, 3.8) is 0 Å². The zero-order chi connectivity index (χ0) is 27.8. The molecule has 0 N–H and O–H groups in total. The number of aromatic nitrogens is 2. The topological polar surface area (TPSA) is 74.1 Å². The third kappa shape index (κ3) is 5.38. The number of ether oxygens (including phenoxy) is 2. The summed E-state index contributed by atoms with van der Waals surface area (Å²) in [6, 6.07) is 16.3. The van der Waals surface area contributed by atoms with Crippen LogP contribution >= 0.6 is 46.1 Å². The van der Waals surface area contributed by atoms with Gasteiger partial charge in [0.1, 0.15) is 17.2 Å². The fourth-order valence-electron chi connectivity index (χ4n) is 4.08. The molecule has 0 amide bonds. The second-order valence-corrected chi connectivity index (χ2v) is 10.8. The van der Waals surface area contributed by atoms with Crippen LogP contribution in [0.2, 0.25) is 15.1 Å². The van der Waals surface area contributed by atoms with E-state index in [0.717, 1.165) is 5.56 Å². The second kappa shape index (κ2) is 11.1. The van der Waals surface area contributed by atoms with Gasteiger partial charge in [0.2, 0.25) is 11.6 Å². The standard InChI is InChI=1S/C28H18Cl3FN4O3S/c1-15(20-7-4-18(29)10-21(20)30)34-28-36(33-12-16-8-22(31)27-26(9-16)37-14-38-27)24(13-40-28)25-11-23(35-39-25)17-2-5-19(32)6-3-17/h2-13,15H,14H2,1H3/b33-12+,34-28?. The Balaban J connectivity index is 1.43. The van der Waals surface area contributed by atoms with Gasteiger partial charge in [-0.1, -0.05) is 46.0 Å². The van der Waals surface area contributed by atoms with E-state index in [0.29, 0.717) is 59.6 Å². The first-order valence-electron chi connectivity index (χ1n) is 11.9. The van der Waals surface area contributed by atoms with E-state index in [1.807, 2.05) is 18.4 Å². The molecule has 202 valence electrons. The average molecular weight is 616 g/mol. The van der Waals surface area contributed by atoms with E-state index < -0.39 is 0 Å². The van der Waals surface area contributed by atoms with E-state index in [-0.39, 0.29) is 18.7 Å². The number of benzene rings is 3. The van der Waals surface area contributed by atoms with Crippen molar-refractivity contribution >= 4 is 52.4 Å². The summed E-state index contributed by atoms with van der Waals surface area (Å²) >= 11 is 20.3. The molecule has 6 rings (SSSR count). The van der Waals surface area contributed by atoms with Crippen LogP contribution in [0.5, 0.6) is 11.5 Å². The van der Waals surface area contributed by atoms with Crippen molar-refractivity contribution in [3.05, 3.63) is 103 Å². The summed E-state index contributed by atoms with van der Waals surface area (Å²) in [5.41, 5.74) is 3.40. The Bertz CT molecular complexity index is 1810. The summed E-state index contributed by atoms with van der Waals surface area (Å²) in [6.07, 6.45) is 1.64. The lowest BCUT2D eigenvalue weighted by atomic mass is 10.1. The van der Waals surface area contributed by atoms with E-state index in [1.54, 1.807) is 53.4 Å². The maximum atomic E-state index is 13.4. The van der Waals surface area contributed by atoms with Gasteiger partial charge >= 0.3 is 0 Å². The zero-order valence-corrected chi connectivity index (χ0v) is 23.7. The SMILES string of the molecule is CC(N=c1scc(-c2cc(-c3ccc(F)cc3)no2)n1/N=C/c1cc(Cl)c2c(c1)OCO2)c1ccc(Cl)cc1Cl. The van der Waals surface area contributed by atoms with Gasteiger partial charge in [0.15, 0.2) is 17.3 Å². The molecular weight excluding hydrogens is 598 g/mol. The Morgan fingerprint density at radius 1 is 1.02 bits per heavy atom. The Morgan fingerprint density at radius 2 is 1.85 bits per heavy atom.